The fraction of sp³-hybridized carbons (Fsp3) is 1.00. The van der Waals surface area contributed by atoms with Crippen molar-refractivity contribution < 1.29 is 0 Å². The second-order valence-electron chi connectivity index (χ2n) is 2.95. The molecule has 0 bridgehead atoms. The normalized spacial score (nSPS) is 16.8. The summed E-state index contributed by atoms with van der Waals surface area (Å²) in [4.78, 5) is 0. The van der Waals surface area contributed by atoms with E-state index in [1.807, 2.05) is 0 Å². The largest absolute Gasteiger partial charge is 0.317 e. The molecule has 1 N–H and O–H groups in total. The van der Waals surface area contributed by atoms with Crippen LogP contribution in [0.4, 0.5) is 0 Å². The minimum atomic E-state index is 0.224. The molecular formula is C8H19NS. The van der Waals surface area contributed by atoms with E-state index in [0.29, 0.717) is 0 Å². The molecule has 0 heterocycles. The second-order valence-corrected chi connectivity index (χ2v) is 4.03. The van der Waals surface area contributed by atoms with Crippen LogP contribution in [0.3, 0.4) is 0 Å². The summed E-state index contributed by atoms with van der Waals surface area (Å²) in [6.45, 7) is 8.64. The van der Waals surface area contributed by atoms with Crippen LogP contribution >= 0.6 is 12.6 Å². The molecule has 1 unspecified atom stereocenters. The van der Waals surface area contributed by atoms with Gasteiger partial charge < -0.3 is 5.32 Å². The van der Waals surface area contributed by atoms with Crippen LogP contribution in [-0.4, -0.2) is 17.8 Å². The molecule has 0 spiro atoms. The molecule has 0 aliphatic carbocycles. The lowest BCUT2D eigenvalue weighted by Crippen LogP contribution is -2.24. The van der Waals surface area contributed by atoms with E-state index >= 15 is 0 Å². The summed E-state index contributed by atoms with van der Waals surface area (Å²) in [5.74, 6) is 0. The summed E-state index contributed by atoms with van der Waals surface area (Å²) in [5.41, 5.74) is 0. The SMILES string of the molecule is CCNCCC(C)(S)CC. The van der Waals surface area contributed by atoms with Crippen molar-refractivity contribution in [3.05, 3.63) is 0 Å². The minimum absolute atomic E-state index is 0.224. The predicted octanol–water partition coefficient (Wildman–Crippen LogP) is 2.08. The summed E-state index contributed by atoms with van der Waals surface area (Å²) < 4.78 is 0.224. The Bertz CT molecular complexity index is 81.3. The highest BCUT2D eigenvalue weighted by Gasteiger charge is 2.14. The molecule has 0 radical (unpaired) electrons. The van der Waals surface area contributed by atoms with Crippen molar-refractivity contribution in [2.45, 2.75) is 38.4 Å². The third-order valence-electron chi connectivity index (χ3n) is 1.85. The van der Waals surface area contributed by atoms with Crippen molar-refractivity contribution in [1.82, 2.24) is 5.32 Å². The number of hydrogen-bond acceptors (Lipinski definition) is 2. The van der Waals surface area contributed by atoms with E-state index in [1.54, 1.807) is 0 Å². The van der Waals surface area contributed by atoms with Crippen LogP contribution in [0.2, 0.25) is 0 Å². The first-order valence-corrected chi connectivity index (χ1v) is 4.50. The Kier molecular flexibility index (Phi) is 5.18. The predicted molar refractivity (Wildman–Crippen MR) is 50.8 cm³/mol. The third kappa shape index (κ3) is 5.12. The molecule has 0 aromatic heterocycles. The highest BCUT2D eigenvalue weighted by molar-refractivity contribution is 7.81. The summed E-state index contributed by atoms with van der Waals surface area (Å²) in [6.07, 6.45) is 2.29. The maximum Gasteiger partial charge on any atom is 0.0111 e. The van der Waals surface area contributed by atoms with Gasteiger partial charge in [0, 0.05) is 4.75 Å². The van der Waals surface area contributed by atoms with E-state index in [-0.39, 0.29) is 4.75 Å². The average molecular weight is 161 g/mol. The molecule has 0 amide bonds. The van der Waals surface area contributed by atoms with Crippen LogP contribution in [0.1, 0.15) is 33.6 Å². The standard InChI is InChI=1S/C8H19NS/c1-4-8(3,10)6-7-9-5-2/h9-10H,4-7H2,1-3H3. The molecule has 10 heavy (non-hydrogen) atoms. The van der Waals surface area contributed by atoms with Crippen molar-refractivity contribution in [3.8, 4) is 0 Å². The van der Waals surface area contributed by atoms with E-state index in [2.05, 4.69) is 38.7 Å². The van der Waals surface area contributed by atoms with Gasteiger partial charge in [-0.3, -0.25) is 0 Å². The number of hydrogen-bond donors (Lipinski definition) is 2. The fourth-order valence-corrected chi connectivity index (χ4v) is 0.823. The highest BCUT2D eigenvalue weighted by Crippen LogP contribution is 2.21. The first-order chi connectivity index (χ1) is 4.62. The van der Waals surface area contributed by atoms with Crippen LogP contribution in [0.15, 0.2) is 0 Å². The van der Waals surface area contributed by atoms with E-state index in [0.717, 1.165) is 25.9 Å². The third-order valence-corrected chi connectivity index (χ3v) is 2.39. The van der Waals surface area contributed by atoms with E-state index in [1.165, 1.54) is 0 Å². The van der Waals surface area contributed by atoms with Crippen LogP contribution in [-0.2, 0) is 0 Å². The highest BCUT2D eigenvalue weighted by atomic mass is 32.1. The second kappa shape index (κ2) is 5.03. The zero-order valence-corrected chi connectivity index (χ0v) is 8.17. The fourth-order valence-electron chi connectivity index (χ4n) is 0.711. The van der Waals surface area contributed by atoms with Gasteiger partial charge in [0.2, 0.25) is 0 Å². The molecule has 1 atom stereocenters. The van der Waals surface area contributed by atoms with Crippen molar-refractivity contribution in [3.63, 3.8) is 0 Å². The summed E-state index contributed by atoms with van der Waals surface area (Å²) in [5, 5.41) is 3.29. The first kappa shape index (κ1) is 10.3. The van der Waals surface area contributed by atoms with E-state index in [9.17, 15) is 0 Å². The van der Waals surface area contributed by atoms with Crippen LogP contribution in [0, 0.1) is 0 Å². The van der Waals surface area contributed by atoms with E-state index < -0.39 is 0 Å². The molecule has 0 aliphatic rings. The zero-order chi connectivity index (χ0) is 8.04. The quantitative estimate of drug-likeness (QED) is 0.465. The van der Waals surface area contributed by atoms with Crippen molar-refractivity contribution in [2.24, 2.45) is 0 Å². The molecule has 0 saturated carbocycles. The van der Waals surface area contributed by atoms with Crippen LogP contribution < -0.4 is 5.32 Å². The van der Waals surface area contributed by atoms with Gasteiger partial charge in [-0.15, -0.1) is 0 Å². The van der Waals surface area contributed by atoms with Crippen LogP contribution in [0.5, 0.6) is 0 Å². The molecular weight excluding hydrogens is 142 g/mol. The van der Waals surface area contributed by atoms with Gasteiger partial charge in [0.15, 0.2) is 0 Å². The van der Waals surface area contributed by atoms with Crippen molar-refractivity contribution >= 4 is 12.6 Å². The van der Waals surface area contributed by atoms with Crippen molar-refractivity contribution in [2.75, 3.05) is 13.1 Å². The van der Waals surface area contributed by atoms with Gasteiger partial charge in [0.1, 0.15) is 0 Å². The maximum atomic E-state index is 4.52. The Balaban J connectivity index is 3.28. The first-order valence-electron chi connectivity index (χ1n) is 4.05. The molecule has 0 fully saturated rings. The molecule has 0 aromatic rings. The Morgan fingerprint density at radius 3 is 2.40 bits per heavy atom. The molecule has 2 heteroatoms. The van der Waals surface area contributed by atoms with Gasteiger partial charge in [0.25, 0.3) is 0 Å². The van der Waals surface area contributed by atoms with E-state index in [4.69, 9.17) is 0 Å². The monoisotopic (exact) mass is 161 g/mol. The molecule has 1 nitrogen and oxygen atoms in total. The van der Waals surface area contributed by atoms with Gasteiger partial charge >= 0.3 is 0 Å². The van der Waals surface area contributed by atoms with Gasteiger partial charge in [-0.1, -0.05) is 20.8 Å². The minimum Gasteiger partial charge on any atom is -0.317 e. The Labute approximate surface area is 70.0 Å². The summed E-state index contributed by atoms with van der Waals surface area (Å²) >= 11 is 4.52. The smallest absolute Gasteiger partial charge is 0.0111 e. The topological polar surface area (TPSA) is 12.0 Å². The molecule has 0 rings (SSSR count). The lowest BCUT2D eigenvalue weighted by Gasteiger charge is -2.21. The van der Waals surface area contributed by atoms with Gasteiger partial charge in [0.05, 0.1) is 0 Å². The van der Waals surface area contributed by atoms with Crippen molar-refractivity contribution in [1.29, 1.82) is 0 Å². The lowest BCUT2D eigenvalue weighted by atomic mass is 10.0. The Hall–Kier alpha value is 0.310. The van der Waals surface area contributed by atoms with Crippen LogP contribution in [0.25, 0.3) is 0 Å². The summed E-state index contributed by atoms with van der Waals surface area (Å²) in [7, 11) is 0. The lowest BCUT2D eigenvalue weighted by molar-refractivity contribution is 0.540. The molecule has 0 aliphatic heterocycles. The molecule has 0 saturated heterocycles. The summed E-state index contributed by atoms with van der Waals surface area (Å²) in [6, 6.07) is 0. The Morgan fingerprint density at radius 2 is 2.00 bits per heavy atom. The number of thiol groups is 1. The number of nitrogens with one attached hydrogen (secondary N) is 1. The molecule has 0 aromatic carbocycles. The Morgan fingerprint density at radius 1 is 1.40 bits per heavy atom. The van der Waals surface area contributed by atoms with Gasteiger partial charge in [-0.05, 0) is 25.9 Å². The molecule has 62 valence electrons. The zero-order valence-electron chi connectivity index (χ0n) is 7.28. The average Bonchev–Trinajstić information content (AvgIpc) is 1.89. The number of rotatable bonds is 5. The van der Waals surface area contributed by atoms with Gasteiger partial charge in [-0.2, -0.15) is 12.6 Å². The maximum absolute atomic E-state index is 4.52. The van der Waals surface area contributed by atoms with Gasteiger partial charge in [-0.25, -0.2) is 0 Å².